The Labute approximate surface area is 150 Å². The van der Waals surface area contributed by atoms with Crippen molar-refractivity contribution in [3.63, 3.8) is 0 Å². The number of benzene rings is 2. The molecule has 124 valence electrons. The summed E-state index contributed by atoms with van der Waals surface area (Å²) < 4.78 is 2.43. The van der Waals surface area contributed by atoms with Crippen molar-refractivity contribution in [3.05, 3.63) is 63.4 Å². The monoisotopic (exact) mass is 370 g/mol. The van der Waals surface area contributed by atoms with E-state index in [1.54, 1.807) is 19.2 Å². The number of carbonyl (C=O) groups is 1. The molecule has 0 saturated heterocycles. The van der Waals surface area contributed by atoms with Crippen LogP contribution in [0, 0.1) is 0 Å². The van der Waals surface area contributed by atoms with E-state index in [-0.39, 0.29) is 5.69 Å². The first-order valence-electron chi connectivity index (χ1n) is 7.36. The van der Waals surface area contributed by atoms with Gasteiger partial charge in [-0.2, -0.15) is 5.10 Å². The van der Waals surface area contributed by atoms with Crippen LogP contribution >= 0.6 is 22.9 Å². The summed E-state index contributed by atoms with van der Waals surface area (Å²) in [7, 11) is 1.67. The molecule has 25 heavy (non-hydrogen) atoms. The largest absolute Gasteiger partial charge is 0.296 e. The smallest absolute Gasteiger partial charge is 0.281 e. The summed E-state index contributed by atoms with van der Waals surface area (Å²) >= 11 is 7.31. The second kappa shape index (κ2) is 5.94. The molecule has 0 unspecified atom stereocenters. The van der Waals surface area contributed by atoms with Gasteiger partial charge in [-0.3, -0.25) is 19.6 Å². The number of nitrogens with one attached hydrogen (secondary N) is 1. The van der Waals surface area contributed by atoms with Crippen LogP contribution in [-0.4, -0.2) is 20.7 Å². The van der Waals surface area contributed by atoms with Crippen LogP contribution in [0.1, 0.15) is 10.5 Å². The van der Waals surface area contributed by atoms with Crippen molar-refractivity contribution in [2.24, 2.45) is 7.05 Å². The highest BCUT2D eigenvalue weighted by Crippen LogP contribution is 2.25. The lowest BCUT2D eigenvalue weighted by Gasteiger charge is -2.07. The summed E-state index contributed by atoms with van der Waals surface area (Å²) in [5.74, 6) is -0.596. The molecule has 4 rings (SSSR count). The van der Waals surface area contributed by atoms with Gasteiger partial charge < -0.3 is 0 Å². The predicted octanol–water partition coefficient (Wildman–Crippen LogP) is 3.45. The van der Waals surface area contributed by atoms with E-state index >= 15 is 0 Å². The fourth-order valence-electron chi connectivity index (χ4n) is 2.58. The van der Waals surface area contributed by atoms with Gasteiger partial charge in [-0.15, -0.1) is 0 Å². The van der Waals surface area contributed by atoms with E-state index in [1.807, 2.05) is 24.3 Å². The van der Waals surface area contributed by atoms with Crippen molar-refractivity contribution in [2.75, 3.05) is 5.32 Å². The lowest BCUT2D eigenvalue weighted by Crippen LogP contribution is -2.26. The SMILES string of the molecule is Cn1nc(C(=O)Nc2nc3ccccc3s2)c(=O)c2cc(Cl)ccc21. The molecule has 1 N–H and O–H groups in total. The maximum Gasteiger partial charge on any atom is 0.281 e. The van der Waals surface area contributed by atoms with Gasteiger partial charge in [-0.1, -0.05) is 35.1 Å². The Bertz CT molecular complexity index is 1170. The molecule has 0 aliphatic carbocycles. The minimum atomic E-state index is -0.596. The Morgan fingerprint density at radius 3 is 2.84 bits per heavy atom. The molecule has 0 aliphatic rings. The minimum Gasteiger partial charge on any atom is -0.296 e. The molecule has 1 amide bonds. The van der Waals surface area contributed by atoms with E-state index in [9.17, 15) is 9.59 Å². The van der Waals surface area contributed by atoms with Crippen LogP contribution in [0.5, 0.6) is 0 Å². The number of nitrogens with zero attached hydrogens (tertiary/aromatic N) is 3. The Hall–Kier alpha value is -2.77. The predicted molar refractivity (Wildman–Crippen MR) is 99.6 cm³/mol. The number of anilines is 1. The molecule has 0 radical (unpaired) electrons. The number of aryl methyl sites for hydroxylation is 1. The average molecular weight is 371 g/mol. The molecule has 8 heteroatoms. The molecule has 6 nitrogen and oxygen atoms in total. The number of hydrogen-bond acceptors (Lipinski definition) is 5. The van der Waals surface area contributed by atoms with Gasteiger partial charge in [0, 0.05) is 12.1 Å². The zero-order chi connectivity index (χ0) is 17.6. The Balaban J connectivity index is 1.77. The fourth-order valence-corrected chi connectivity index (χ4v) is 3.61. The highest BCUT2D eigenvalue weighted by molar-refractivity contribution is 7.22. The number of hydrogen-bond donors (Lipinski definition) is 1. The van der Waals surface area contributed by atoms with Gasteiger partial charge in [0.25, 0.3) is 5.91 Å². The molecule has 0 spiro atoms. The molecular weight excluding hydrogens is 360 g/mol. The van der Waals surface area contributed by atoms with Gasteiger partial charge in [0.05, 0.1) is 21.1 Å². The quantitative estimate of drug-likeness (QED) is 0.586. The fraction of sp³-hybridized carbons (Fsp3) is 0.0588. The minimum absolute atomic E-state index is 0.198. The molecule has 0 atom stereocenters. The summed E-state index contributed by atoms with van der Waals surface area (Å²) in [6, 6.07) is 12.5. The van der Waals surface area contributed by atoms with Gasteiger partial charge in [-0.25, -0.2) is 4.98 Å². The van der Waals surface area contributed by atoms with Gasteiger partial charge in [0.2, 0.25) is 5.43 Å². The molecule has 2 aromatic carbocycles. The van der Waals surface area contributed by atoms with Crippen molar-refractivity contribution >= 4 is 55.1 Å². The number of aromatic nitrogens is 3. The Kier molecular flexibility index (Phi) is 3.74. The van der Waals surface area contributed by atoms with Crippen molar-refractivity contribution < 1.29 is 4.79 Å². The molecule has 2 heterocycles. The summed E-state index contributed by atoms with van der Waals surface area (Å²) in [6.07, 6.45) is 0. The zero-order valence-corrected chi connectivity index (χ0v) is 14.6. The van der Waals surface area contributed by atoms with Gasteiger partial charge in [0.1, 0.15) is 0 Å². The van der Waals surface area contributed by atoms with E-state index in [1.165, 1.54) is 22.1 Å². The number of fused-ring (bicyclic) bond motifs is 2. The molecule has 0 aliphatic heterocycles. The van der Waals surface area contributed by atoms with Gasteiger partial charge >= 0.3 is 0 Å². The van der Waals surface area contributed by atoms with E-state index in [0.29, 0.717) is 21.1 Å². The van der Waals surface area contributed by atoms with Crippen molar-refractivity contribution in [1.29, 1.82) is 0 Å². The highest BCUT2D eigenvalue weighted by atomic mass is 35.5. The zero-order valence-electron chi connectivity index (χ0n) is 13.0. The normalized spacial score (nSPS) is 11.1. The van der Waals surface area contributed by atoms with Crippen LogP contribution < -0.4 is 10.7 Å². The second-order valence-corrected chi connectivity index (χ2v) is 6.87. The van der Waals surface area contributed by atoms with E-state index in [0.717, 1.165) is 10.2 Å². The first-order chi connectivity index (χ1) is 12.0. The van der Waals surface area contributed by atoms with Crippen molar-refractivity contribution in [2.45, 2.75) is 0 Å². The number of amides is 1. The first kappa shape index (κ1) is 15.7. The van der Waals surface area contributed by atoms with E-state index in [2.05, 4.69) is 15.4 Å². The second-order valence-electron chi connectivity index (χ2n) is 5.40. The highest BCUT2D eigenvalue weighted by Gasteiger charge is 2.18. The number of para-hydroxylation sites is 1. The Morgan fingerprint density at radius 1 is 1.24 bits per heavy atom. The topological polar surface area (TPSA) is 76.9 Å². The van der Waals surface area contributed by atoms with Crippen LogP contribution in [-0.2, 0) is 7.05 Å². The standard InChI is InChI=1S/C17H11ClN4O2S/c1-22-12-7-6-9(18)8-10(12)15(23)14(21-22)16(24)20-17-19-11-4-2-3-5-13(11)25-17/h2-8H,1H3,(H,19,20,24). The van der Waals surface area contributed by atoms with Crippen LogP contribution in [0.4, 0.5) is 5.13 Å². The summed E-state index contributed by atoms with van der Waals surface area (Å²) in [5.41, 5.74) is 0.727. The molecular formula is C17H11ClN4O2S. The number of rotatable bonds is 2. The third-order valence-corrected chi connectivity index (χ3v) is 4.93. The third kappa shape index (κ3) is 2.77. The van der Waals surface area contributed by atoms with Crippen LogP contribution in [0.15, 0.2) is 47.3 Å². The summed E-state index contributed by atoms with van der Waals surface area (Å²) in [5, 5.41) is 7.95. The van der Waals surface area contributed by atoms with Gasteiger partial charge in [-0.05, 0) is 30.3 Å². The maximum absolute atomic E-state index is 12.6. The summed E-state index contributed by atoms with van der Waals surface area (Å²) in [4.78, 5) is 29.5. The lowest BCUT2D eigenvalue weighted by molar-refractivity contribution is 0.101. The first-order valence-corrected chi connectivity index (χ1v) is 8.56. The van der Waals surface area contributed by atoms with Crippen LogP contribution in [0.3, 0.4) is 0 Å². The van der Waals surface area contributed by atoms with Crippen molar-refractivity contribution in [3.8, 4) is 0 Å². The van der Waals surface area contributed by atoms with Crippen LogP contribution in [0.2, 0.25) is 5.02 Å². The van der Waals surface area contributed by atoms with Gasteiger partial charge in [0.15, 0.2) is 10.8 Å². The van der Waals surface area contributed by atoms with Crippen molar-refractivity contribution in [1.82, 2.24) is 14.8 Å². The third-order valence-electron chi connectivity index (χ3n) is 3.75. The average Bonchev–Trinajstić information content (AvgIpc) is 3.00. The maximum atomic E-state index is 12.6. The molecule has 0 bridgehead atoms. The lowest BCUT2D eigenvalue weighted by atomic mass is 10.2. The number of carbonyl (C=O) groups excluding carboxylic acids is 1. The Morgan fingerprint density at radius 2 is 2.04 bits per heavy atom. The molecule has 0 saturated carbocycles. The summed E-state index contributed by atoms with van der Waals surface area (Å²) in [6.45, 7) is 0. The molecule has 4 aromatic rings. The number of halogens is 1. The van der Waals surface area contributed by atoms with E-state index in [4.69, 9.17) is 11.6 Å². The van der Waals surface area contributed by atoms with E-state index < -0.39 is 11.3 Å². The molecule has 2 aromatic heterocycles. The number of thiazole rings is 1. The van der Waals surface area contributed by atoms with Crippen LogP contribution in [0.25, 0.3) is 21.1 Å². The molecule has 0 fully saturated rings.